The molecule has 2 saturated carbocycles. The number of hydrogen-bond donors (Lipinski definition) is 1. The molecule has 4 fully saturated rings. The number of nitrogens with one attached hydrogen (secondary N) is 1. The van der Waals surface area contributed by atoms with Gasteiger partial charge in [0.05, 0.1) is 9.30 Å². The van der Waals surface area contributed by atoms with Crippen molar-refractivity contribution in [1.82, 2.24) is 15.1 Å². The molecule has 0 aromatic rings. The van der Waals surface area contributed by atoms with E-state index in [2.05, 4.69) is 15.0 Å². The molecule has 2 aliphatic carbocycles. The number of likely N-dealkylation sites (tertiary alicyclic amines) is 2. The Balaban J connectivity index is 1.21. The fourth-order valence-electron chi connectivity index (χ4n) is 5.25. The van der Waals surface area contributed by atoms with Crippen LogP contribution in [0.4, 0.5) is 4.79 Å². The second-order valence-corrected chi connectivity index (χ2v) is 8.94. The van der Waals surface area contributed by atoms with Gasteiger partial charge in [0.1, 0.15) is 0 Å². The van der Waals surface area contributed by atoms with E-state index >= 15 is 0 Å². The van der Waals surface area contributed by atoms with E-state index in [1.807, 2.05) is 0 Å². The summed E-state index contributed by atoms with van der Waals surface area (Å²) >= 11 is 0. The van der Waals surface area contributed by atoms with Gasteiger partial charge in [0, 0.05) is 38.8 Å². The highest BCUT2D eigenvalue weighted by molar-refractivity contribution is 5.79. The monoisotopic (exact) mass is 385 g/mol. The summed E-state index contributed by atoms with van der Waals surface area (Å²) in [6.07, 6.45) is 4.83. The third kappa shape index (κ3) is 3.82. The van der Waals surface area contributed by atoms with Crippen molar-refractivity contribution in [3.05, 3.63) is 0 Å². The smallest absolute Gasteiger partial charge is 0.409 e. The number of hydrogen-bond acceptors (Lipinski definition) is 4. The maximum absolute atomic E-state index is 12.8. The molecular formula is C21H35N3O3. The van der Waals surface area contributed by atoms with Gasteiger partial charge in [0.25, 0.3) is 0 Å². The SMILES string of the molecule is [2H]C([2H])([2H])C1(NC(=O)C2CCN([C@H]3C[C@@]4(CCN(C(=O)OC([2H])([2H])C([2H])([2H])[2H])C4)C3)CC2)CCC1. The quantitative estimate of drug-likeness (QED) is 0.808. The molecule has 152 valence electrons. The third-order valence-electron chi connectivity index (χ3n) is 7.16. The Kier molecular flexibility index (Phi) is 3.13. The number of nitrogens with zero attached hydrogens (tertiary/aromatic N) is 2. The lowest BCUT2D eigenvalue weighted by molar-refractivity contribution is -0.130. The number of rotatable bonds is 4. The van der Waals surface area contributed by atoms with Gasteiger partial charge in [-0.15, -0.1) is 0 Å². The lowest BCUT2D eigenvalue weighted by atomic mass is 9.64. The first-order valence-electron chi connectivity index (χ1n) is 14.1. The van der Waals surface area contributed by atoms with Crippen molar-refractivity contribution in [2.24, 2.45) is 11.3 Å². The van der Waals surface area contributed by atoms with Crippen LogP contribution in [-0.4, -0.2) is 66.1 Å². The number of ether oxygens (including phenoxy) is 1. The summed E-state index contributed by atoms with van der Waals surface area (Å²) in [6.45, 7) is -5.88. The van der Waals surface area contributed by atoms with Crippen LogP contribution in [0, 0.1) is 11.3 Å². The van der Waals surface area contributed by atoms with Gasteiger partial charge in [-0.3, -0.25) is 4.79 Å². The van der Waals surface area contributed by atoms with E-state index in [0.717, 1.165) is 38.8 Å². The second-order valence-electron chi connectivity index (χ2n) is 8.94. The summed E-state index contributed by atoms with van der Waals surface area (Å²) in [5.41, 5.74) is -1.11. The molecular weight excluding hydrogens is 342 g/mol. The van der Waals surface area contributed by atoms with Gasteiger partial charge in [-0.05, 0) is 83.6 Å². The van der Waals surface area contributed by atoms with Crippen molar-refractivity contribution in [2.75, 3.05) is 32.7 Å². The third-order valence-corrected chi connectivity index (χ3v) is 7.16. The van der Waals surface area contributed by atoms with Crippen LogP contribution < -0.4 is 5.32 Å². The molecule has 0 unspecified atom stereocenters. The van der Waals surface area contributed by atoms with E-state index in [-0.39, 0.29) is 17.2 Å². The molecule has 1 spiro atoms. The van der Waals surface area contributed by atoms with Gasteiger partial charge < -0.3 is 19.9 Å². The molecule has 2 heterocycles. The van der Waals surface area contributed by atoms with Gasteiger partial charge in [0.2, 0.25) is 5.91 Å². The van der Waals surface area contributed by atoms with E-state index in [1.165, 1.54) is 4.90 Å². The van der Waals surface area contributed by atoms with E-state index in [0.29, 0.717) is 44.8 Å². The van der Waals surface area contributed by atoms with E-state index in [4.69, 9.17) is 11.0 Å². The molecule has 0 radical (unpaired) electrons. The molecule has 1 N–H and O–H groups in total. The summed E-state index contributed by atoms with van der Waals surface area (Å²) in [5.74, 6) is -0.322. The van der Waals surface area contributed by atoms with Crippen molar-refractivity contribution in [3.63, 3.8) is 0 Å². The molecule has 2 aliphatic heterocycles. The second kappa shape index (κ2) is 7.26. The minimum absolute atomic E-state index is 0.0546. The molecule has 4 rings (SSSR count). The number of amides is 2. The lowest BCUT2D eigenvalue weighted by Gasteiger charge is -2.51. The molecule has 6 heteroatoms. The highest BCUT2D eigenvalue weighted by atomic mass is 16.6. The average Bonchev–Trinajstić information content (AvgIpc) is 3.13. The van der Waals surface area contributed by atoms with Crippen LogP contribution in [0.5, 0.6) is 0 Å². The van der Waals surface area contributed by atoms with Crippen LogP contribution in [-0.2, 0) is 9.53 Å². The lowest BCUT2D eigenvalue weighted by Crippen LogP contribution is -2.56. The molecule has 0 aromatic carbocycles. The summed E-state index contributed by atoms with van der Waals surface area (Å²) < 4.78 is 64.6. The summed E-state index contributed by atoms with van der Waals surface area (Å²) in [7, 11) is 0. The predicted molar refractivity (Wildman–Crippen MR) is 103 cm³/mol. The van der Waals surface area contributed by atoms with Crippen molar-refractivity contribution < 1.29 is 25.3 Å². The van der Waals surface area contributed by atoms with E-state index < -0.39 is 31.9 Å². The molecule has 6 nitrogen and oxygen atoms in total. The summed E-state index contributed by atoms with van der Waals surface area (Å²) in [4.78, 5) is 28.9. The number of piperidine rings is 1. The zero-order valence-corrected chi connectivity index (χ0v) is 15.8. The first-order chi connectivity index (χ1) is 16.1. The molecule has 0 bridgehead atoms. The van der Waals surface area contributed by atoms with Gasteiger partial charge in [-0.2, -0.15) is 0 Å². The van der Waals surface area contributed by atoms with Gasteiger partial charge in [-0.1, -0.05) is 0 Å². The first-order valence-corrected chi connectivity index (χ1v) is 10.1. The van der Waals surface area contributed by atoms with Crippen molar-refractivity contribution in [1.29, 1.82) is 0 Å². The van der Waals surface area contributed by atoms with Crippen LogP contribution in [0.2, 0.25) is 0 Å². The zero-order valence-electron chi connectivity index (χ0n) is 23.8. The highest BCUT2D eigenvalue weighted by Gasteiger charge is 2.51. The van der Waals surface area contributed by atoms with E-state index in [1.54, 1.807) is 0 Å². The zero-order chi connectivity index (χ0) is 25.9. The minimum Gasteiger partial charge on any atom is -0.450 e. The van der Waals surface area contributed by atoms with E-state index in [9.17, 15) is 9.59 Å². The Hall–Kier alpha value is -1.30. The Morgan fingerprint density at radius 2 is 2.00 bits per heavy atom. The topological polar surface area (TPSA) is 61.9 Å². The Morgan fingerprint density at radius 1 is 1.22 bits per heavy atom. The molecule has 2 saturated heterocycles. The molecule has 2 amide bonds. The van der Waals surface area contributed by atoms with Crippen molar-refractivity contribution in [2.45, 2.75) is 76.7 Å². The number of carbonyl (C=O) groups excluding carboxylic acids is 2. The van der Waals surface area contributed by atoms with Crippen LogP contribution >= 0.6 is 0 Å². The Labute approximate surface area is 174 Å². The maximum Gasteiger partial charge on any atom is 0.409 e. The molecule has 27 heavy (non-hydrogen) atoms. The van der Waals surface area contributed by atoms with Crippen LogP contribution in [0.1, 0.15) is 76.0 Å². The maximum atomic E-state index is 12.8. The van der Waals surface area contributed by atoms with Crippen LogP contribution in [0.15, 0.2) is 0 Å². The molecule has 0 atom stereocenters. The highest BCUT2D eigenvalue weighted by Crippen LogP contribution is 2.50. The minimum atomic E-state index is -3.05. The Morgan fingerprint density at radius 3 is 2.63 bits per heavy atom. The molecule has 4 aliphatic rings. The standard InChI is InChI=1S/C21H35N3O3/c1-3-27-19(26)24-12-9-21(15-24)13-17(14-21)23-10-5-16(6-11-23)18(25)22-20(2)7-4-8-20/h16-17H,3-15H2,1-2H3,(H,22,25)/t17-,21-/i1D3,2D3,3D2. The van der Waals surface area contributed by atoms with Crippen LogP contribution in [0.25, 0.3) is 0 Å². The summed E-state index contributed by atoms with van der Waals surface area (Å²) in [5, 5.41) is 2.86. The van der Waals surface area contributed by atoms with Crippen LogP contribution in [0.3, 0.4) is 0 Å². The van der Waals surface area contributed by atoms with Crippen molar-refractivity contribution >= 4 is 12.0 Å². The van der Waals surface area contributed by atoms with Crippen molar-refractivity contribution in [3.8, 4) is 0 Å². The molecule has 0 aromatic heterocycles. The van der Waals surface area contributed by atoms with Gasteiger partial charge in [0.15, 0.2) is 0 Å². The fraction of sp³-hybridized carbons (Fsp3) is 0.905. The summed E-state index contributed by atoms with van der Waals surface area (Å²) in [6, 6.07) is 0.351. The average molecular weight is 386 g/mol. The Bertz CT molecular complexity index is 829. The largest absolute Gasteiger partial charge is 0.450 e. The number of carbonyl (C=O) groups is 2. The van der Waals surface area contributed by atoms with Gasteiger partial charge >= 0.3 is 6.09 Å². The fourth-order valence-corrected chi connectivity index (χ4v) is 5.25. The van der Waals surface area contributed by atoms with Gasteiger partial charge in [-0.25, -0.2) is 4.79 Å². The first kappa shape index (κ1) is 11.6. The predicted octanol–water partition coefficient (Wildman–Crippen LogP) is 2.77. The normalized spacial score (nSPS) is 39.3.